The molecule has 1 unspecified atom stereocenters. The number of hydrogen-bond acceptors (Lipinski definition) is 7. The summed E-state index contributed by atoms with van der Waals surface area (Å²) in [6.07, 6.45) is -1.75. The van der Waals surface area contributed by atoms with Crippen molar-refractivity contribution < 1.29 is 17.9 Å². The van der Waals surface area contributed by atoms with Gasteiger partial charge in [0.15, 0.2) is 11.3 Å². The molecule has 8 nitrogen and oxygen atoms in total. The molecule has 3 aromatic heterocycles. The van der Waals surface area contributed by atoms with Crippen molar-refractivity contribution in [3.05, 3.63) is 36.4 Å². The number of nitrogens with zero attached hydrogens (tertiary/aromatic N) is 7. The van der Waals surface area contributed by atoms with Gasteiger partial charge in [-0.25, -0.2) is 19.5 Å². The molecular formula is C17H14F3N7O. The average Bonchev–Trinajstić information content (AvgIpc) is 3.11. The first-order valence-corrected chi connectivity index (χ1v) is 8.43. The Morgan fingerprint density at radius 3 is 2.89 bits per heavy atom. The van der Waals surface area contributed by atoms with Gasteiger partial charge in [0.25, 0.3) is 0 Å². The van der Waals surface area contributed by atoms with Crippen LogP contribution >= 0.6 is 0 Å². The Labute approximate surface area is 157 Å². The molecule has 1 saturated heterocycles. The molecule has 0 amide bonds. The van der Waals surface area contributed by atoms with Gasteiger partial charge in [-0.1, -0.05) is 0 Å². The predicted molar refractivity (Wildman–Crippen MR) is 91.2 cm³/mol. The van der Waals surface area contributed by atoms with E-state index < -0.39 is 11.9 Å². The number of fused-ring (bicyclic) bond motifs is 1. The number of nitriles is 1. The van der Waals surface area contributed by atoms with Gasteiger partial charge >= 0.3 is 6.18 Å². The fourth-order valence-electron chi connectivity index (χ4n) is 3.01. The van der Waals surface area contributed by atoms with Gasteiger partial charge in [-0.3, -0.25) is 0 Å². The quantitative estimate of drug-likeness (QED) is 0.679. The number of alkyl halides is 3. The molecule has 0 radical (unpaired) electrons. The van der Waals surface area contributed by atoms with E-state index in [1.54, 1.807) is 6.07 Å². The second-order valence-electron chi connectivity index (χ2n) is 6.19. The van der Waals surface area contributed by atoms with E-state index >= 15 is 0 Å². The van der Waals surface area contributed by atoms with Gasteiger partial charge in [0, 0.05) is 19.2 Å². The number of ether oxygens (including phenoxy) is 1. The molecule has 0 spiro atoms. The third-order valence-electron chi connectivity index (χ3n) is 4.35. The summed E-state index contributed by atoms with van der Waals surface area (Å²) in [7, 11) is 0. The van der Waals surface area contributed by atoms with Crippen molar-refractivity contribution in [3.63, 3.8) is 0 Å². The predicted octanol–water partition coefficient (Wildman–Crippen LogP) is 2.32. The number of anilines is 1. The molecule has 4 rings (SSSR count). The maximum Gasteiger partial charge on any atom is 0.435 e. The van der Waals surface area contributed by atoms with Crippen molar-refractivity contribution in [2.45, 2.75) is 18.7 Å². The fraction of sp³-hybridized carbons (Fsp3) is 0.353. The third kappa shape index (κ3) is 3.46. The molecule has 1 atom stereocenters. The molecule has 3 aromatic rings. The first-order valence-electron chi connectivity index (χ1n) is 8.43. The van der Waals surface area contributed by atoms with Gasteiger partial charge in [-0.05, 0) is 12.1 Å². The number of hydrogen-bond donors (Lipinski definition) is 0. The van der Waals surface area contributed by atoms with E-state index in [2.05, 4.69) is 26.1 Å². The van der Waals surface area contributed by atoms with Crippen LogP contribution in [0.25, 0.3) is 17.0 Å². The number of morpholine rings is 1. The highest BCUT2D eigenvalue weighted by atomic mass is 19.4. The third-order valence-corrected chi connectivity index (χ3v) is 4.35. The SMILES string of the molecule is N#CCC1CN(c2cc(-c3cnc4ccc(C(F)(F)F)nn34)ncn2)CCO1. The highest BCUT2D eigenvalue weighted by Gasteiger charge is 2.33. The average molecular weight is 389 g/mol. The Morgan fingerprint density at radius 2 is 2.11 bits per heavy atom. The lowest BCUT2D eigenvalue weighted by Crippen LogP contribution is -2.42. The topological polar surface area (TPSA) is 92.2 Å². The first-order chi connectivity index (χ1) is 13.5. The smallest absolute Gasteiger partial charge is 0.373 e. The fourth-order valence-corrected chi connectivity index (χ4v) is 3.01. The summed E-state index contributed by atoms with van der Waals surface area (Å²) in [6.45, 7) is 1.54. The molecule has 28 heavy (non-hydrogen) atoms. The molecule has 144 valence electrons. The Balaban J connectivity index is 1.69. The second kappa shape index (κ2) is 7.05. The Bertz CT molecular complexity index is 1040. The first kappa shape index (κ1) is 18.1. The van der Waals surface area contributed by atoms with Crippen LogP contribution in [0.4, 0.5) is 19.0 Å². The number of halogens is 3. The van der Waals surface area contributed by atoms with E-state index in [4.69, 9.17) is 10.00 Å². The normalized spacial score (nSPS) is 17.6. The molecular weight excluding hydrogens is 375 g/mol. The molecule has 11 heteroatoms. The lowest BCUT2D eigenvalue weighted by molar-refractivity contribution is -0.141. The summed E-state index contributed by atoms with van der Waals surface area (Å²) in [5, 5.41) is 12.5. The number of rotatable bonds is 3. The van der Waals surface area contributed by atoms with E-state index in [9.17, 15) is 13.2 Å². The van der Waals surface area contributed by atoms with Crippen molar-refractivity contribution in [1.82, 2.24) is 24.6 Å². The molecule has 0 saturated carbocycles. The molecule has 0 bridgehead atoms. The van der Waals surface area contributed by atoms with Crippen molar-refractivity contribution in [2.24, 2.45) is 0 Å². The summed E-state index contributed by atoms with van der Waals surface area (Å²) in [4.78, 5) is 14.5. The highest BCUT2D eigenvalue weighted by Crippen LogP contribution is 2.29. The van der Waals surface area contributed by atoms with E-state index in [1.165, 1.54) is 18.6 Å². The lowest BCUT2D eigenvalue weighted by Gasteiger charge is -2.32. The second-order valence-corrected chi connectivity index (χ2v) is 6.19. The molecule has 4 heterocycles. The highest BCUT2D eigenvalue weighted by molar-refractivity contribution is 5.62. The molecule has 1 fully saturated rings. The summed E-state index contributed by atoms with van der Waals surface area (Å²) >= 11 is 0. The van der Waals surface area contributed by atoms with E-state index in [0.29, 0.717) is 36.9 Å². The Morgan fingerprint density at radius 1 is 1.25 bits per heavy atom. The maximum absolute atomic E-state index is 13.0. The van der Waals surface area contributed by atoms with Crippen LogP contribution in [-0.4, -0.2) is 50.4 Å². The van der Waals surface area contributed by atoms with E-state index in [-0.39, 0.29) is 18.2 Å². The van der Waals surface area contributed by atoms with Crippen LogP contribution in [-0.2, 0) is 10.9 Å². The minimum absolute atomic E-state index is 0.219. The number of aromatic nitrogens is 5. The molecule has 0 aliphatic carbocycles. The number of imidazole rings is 1. The van der Waals surface area contributed by atoms with Gasteiger partial charge < -0.3 is 9.64 Å². The van der Waals surface area contributed by atoms with Gasteiger partial charge in [-0.2, -0.15) is 23.5 Å². The van der Waals surface area contributed by atoms with Crippen LogP contribution in [0.15, 0.2) is 30.7 Å². The largest absolute Gasteiger partial charge is 0.435 e. The maximum atomic E-state index is 13.0. The zero-order chi connectivity index (χ0) is 19.7. The molecule has 0 aromatic carbocycles. The van der Waals surface area contributed by atoms with Gasteiger partial charge in [-0.15, -0.1) is 0 Å². The minimum atomic E-state index is -4.56. The van der Waals surface area contributed by atoms with Crippen LogP contribution in [0.1, 0.15) is 12.1 Å². The van der Waals surface area contributed by atoms with Crippen molar-refractivity contribution in [1.29, 1.82) is 5.26 Å². The standard InChI is InChI=1S/C17H14F3N7O/c18-17(19,20)14-1-2-15-22-8-13(27(15)25-14)12-7-16(24-10-23-12)26-5-6-28-11(9-26)3-4-21/h1-2,7-8,10-11H,3,5-6,9H2. The van der Waals surface area contributed by atoms with Crippen LogP contribution in [0.2, 0.25) is 0 Å². The summed E-state index contributed by atoms with van der Waals surface area (Å²) in [5.74, 6) is 0.596. The summed E-state index contributed by atoms with van der Waals surface area (Å²) in [6, 6.07) is 5.90. The Kier molecular flexibility index (Phi) is 4.56. The monoisotopic (exact) mass is 389 g/mol. The zero-order valence-corrected chi connectivity index (χ0v) is 14.5. The molecule has 1 aliphatic heterocycles. The molecule has 0 N–H and O–H groups in total. The van der Waals surface area contributed by atoms with Crippen LogP contribution in [0, 0.1) is 11.3 Å². The van der Waals surface area contributed by atoms with E-state index in [0.717, 1.165) is 10.6 Å². The Hall–Kier alpha value is -3.26. The summed E-state index contributed by atoms with van der Waals surface area (Å²) in [5.41, 5.74) is -0.0103. The van der Waals surface area contributed by atoms with Crippen LogP contribution in [0.3, 0.4) is 0 Å². The van der Waals surface area contributed by atoms with Crippen molar-refractivity contribution >= 4 is 11.5 Å². The van der Waals surface area contributed by atoms with Gasteiger partial charge in [0.2, 0.25) is 0 Å². The zero-order valence-electron chi connectivity index (χ0n) is 14.5. The van der Waals surface area contributed by atoms with Crippen molar-refractivity contribution in [3.8, 4) is 17.5 Å². The van der Waals surface area contributed by atoms with Gasteiger partial charge in [0.05, 0.1) is 37.1 Å². The van der Waals surface area contributed by atoms with Gasteiger partial charge in [0.1, 0.15) is 17.8 Å². The van der Waals surface area contributed by atoms with Crippen molar-refractivity contribution in [2.75, 3.05) is 24.6 Å². The van der Waals surface area contributed by atoms with Crippen LogP contribution in [0.5, 0.6) is 0 Å². The lowest BCUT2D eigenvalue weighted by atomic mass is 10.2. The summed E-state index contributed by atoms with van der Waals surface area (Å²) < 4.78 is 45.7. The van der Waals surface area contributed by atoms with Crippen LogP contribution < -0.4 is 4.90 Å². The minimum Gasteiger partial charge on any atom is -0.373 e. The molecule has 1 aliphatic rings. The van der Waals surface area contributed by atoms with E-state index in [1.807, 2.05) is 4.90 Å².